The minimum absolute atomic E-state index is 0.00738. The van der Waals surface area contributed by atoms with Crippen LogP contribution in [0, 0.1) is 12.8 Å². The number of carbonyl (C=O) groups is 2. The van der Waals surface area contributed by atoms with Gasteiger partial charge in [0, 0.05) is 37.2 Å². The topological polar surface area (TPSA) is 40.6 Å². The Morgan fingerprint density at radius 1 is 1.00 bits per heavy atom. The molecule has 3 rings (SSSR count). The van der Waals surface area contributed by atoms with E-state index in [1.54, 1.807) is 0 Å². The molecule has 1 fully saturated rings. The van der Waals surface area contributed by atoms with Crippen LogP contribution in [0.4, 0.5) is 0 Å². The number of hydrogen-bond donors (Lipinski definition) is 0. The molecule has 1 heterocycles. The second kappa shape index (κ2) is 9.05. The molecule has 0 spiro atoms. The lowest BCUT2D eigenvalue weighted by Crippen LogP contribution is -2.46. The second-order valence-electron chi connectivity index (χ2n) is 7.93. The first kappa shape index (κ1) is 20.1. The Kier molecular flexibility index (Phi) is 6.50. The lowest BCUT2D eigenvalue weighted by molar-refractivity contribution is -0.139. The van der Waals surface area contributed by atoms with Crippen molar-refractivity contribution in [3.05, 3.63) is 71.3 Å². The molecule has 0 unspecified atom stereocenters. The summed E-state index contributed by atoms with van der Waals surface area (Å²) in [6, 6.07) is 18.0. The number of hydrogen-bond acceptors (Lipinski definition) is 2. The number of amides is 2. The van der Waals surface area contributed by atoms with Crippen molar-refractivity contribution in [2.24, 2.45) is 5.92 Å². The van der Waals surface area contributed by atoms with Gasteiger partial charge in [0.15, 0.2) is 0 Å². The summed E-state index contributed by atoms with van der Waals surface area (Å²) in [5.74, 6) is 0.280. The van der Waals surface area contributed by atoms with E-state index in [2.05, 4.69) is 26.0 Å². The van der Waals surface area contributed by atoms with Crippen molar-refractivity contribution in [2.75, 3.05) is 13.1 Å². The lowest BCUT2D eigenvalue weighted by Gasteiger charge is -2.36. The summed E-state index contributed by atoms with van der Waals surface area (Å²) in [5, 5.41) is 0. The Labute approximate surface area is 168 Å². The van der Waals surface area contributed by atoms with E-state index in [1.165, 1.54) is 0 Å². The number of likely N-dealkylation sites (tertiary alicyclic amines) is 1. The molecule has 0 radical (unpaired) electrons. The Bertz CT molecular complexity index is 808. The van der Waals surface area contributed by atoms with E-state index in [-0.39, 0.29) is 23.8 Å². The Morgan fingerprint density at radius 2 is 1.61 bits per heavy atom. The fourth-order valence-corrected chi connectivity index (χ4v) is 3.84. The van der Waals surface area contributed by atoms with E-state index in [0.29, 0.717) is 19.6 Å². The molecule has 2 aromatic rings. The van der Waals surface area contributed by atoms with Crippen molar-refractivity contribution in [1.82, 2.24) is 9.80 Å². The highest BCUT2D eigenvalue weighted by molar-refractivity contribution is 5.95. The molecule has 1 aliphatic rings. The third kappa shape index (κ3) is 4.61. The molecule has 4 heteroatoms. The molecule has 1 aliphatic heterocycles. The van der Waals surface area contributed by atoms with Gasteiger partial charge in [-0.3, -0.25) is 9.59 Å². The molecule has 2 amide bonds. The third-order valence-corrected chi connectivity index (χ3v) is 5.61. The molecule has 0 atom stereocenters. The maximum absolute atomic E-state index is 13.2. The SMILES string of the molecule is Cc1ccccc1C(=O)N1CCC(C(=O)N(Cc2ccccc2)C(C)C)CC1. The molecule has 0 aromatic heterocycles. The molecule has 0 bridgehead atoms. The van der Waals surface area contributed by atoms with Gasteiger partial charge in [0.1, 0.15) is 0 Å². The predicted octanol–water partition coefficient (Wildman–Crippen LogP) is 4.28. The Hall–Kier alpha value is -2.62. The van der Waals surface area contributed by atoms with Crippen molar-refractivity contribution in [2.45, 2.75) is 46.2 Å². The van der Waals surface area contributed by atoms with Gasteiger partial charge in [-0.05, 0) is 50.8 Å². The van der Waals surface area contributed by atoms with Gasteiger partial charge in [0.05, 0.1) is 0 Å². The molecule has 28 heavy (non-hydrogen) atoms. The molecule has 2 aromatic carbocycles. The smallest absolute Gasteiger partial charge is 0.254 e. The van der Waals surface area contributed by atoms with Gasteiger partial charge < -0.3 is 9.80 Å². The van der Waals surface area contributed by atoms with Crippen molar-refractivity contribution in [3.8, 4) is 0 Å². The van der Waals surface area contributed by atoms with Crippen LogP contribution in [0.1, 0.15) is 48.2 Å². The fourth-order valence-electron chi connectivity index (χ4n) is 3.84. The molecule has 148 valence electrons. The van der Waals surface area contributed by atoms with Crippen LogP contribution in [0.15, 0.2) is 54.6 Å². The first-order chi connectivity index (χ1) is 13.5. The molecular formula is C24H30N2O2. The number of rotatable bonds is 5. The van der Waals surface area contributed by atoms with E-state index in [4.69, 9.17) is 0 Å². The van der Waals surface area contributed by atoms with Crippen LogP contribution >= 0.6 is 0 Å². The van der Waals surface area contributed by atoms with Gasteiger partial charge in [0.25, 0.3) is 5.91 Å². The Morgan fingerprint density at radius 3 is 2.21 bits per heavy atom. The Balaban J connectivity index is 1.62. The van der Waals surface area contributed by atoms with Crippen LogP contribution in [-0.2, 0) is 11.3 Å². The maximum atomic E-state index is 13.2. The van der Waals surface area contributed by atoms with E-state index < -0.39 is 0 Å². The van der Waals surface area contributed by atoms with E-state index >= 15 is 0 Å². The highest BCUT2D eigenvalue weighted by atomic mass is 16.2. The average Bonchev–Trinajstić information content (AvgIpc) is 2.72. The van der Waals surface area contributed by atoms with Crippen molar-refractivity contribution in [3.63, 3.8) is 0 Å². The van der Waals surface area contributed by atoms with Crippen molar-refractivity contribution >= 4 is 11.8 Å². The van der Waals surface area contributed by atoms with Crippen LogP contribution in [0.2, 0.25) is 0 Å². The summed E-state index contributed by atoms with van der Waals surface area (Å²) in [7, 11) is 0. The maximum Gasteiger partial charge on any atom is 0.254 e. The number of benzene rings is 2. The van der Waals surface area contributed by atoms with Crippen LogP contribution in [0.5, 0.6) is 0 Å². The monoisotopic (exact) mass is 378 g/mol. The number of aryl methyl sites for hydroxylation is 1. The van der Waals surface area contributed by atoms with E-state index in [1.807, 2.05) is 59.2 Å². The summed E-state index contributed by atoms with van der Waals surface area (Å²) in [5.41, 5.74) is 2.91. The van der Waals surface area contributed by atoms with Gasteiger partial charge in [0.2, 0.25) is 5.91 Å². The van der Waals surface area contributed by atoms with Crippen LogP contribution < -0.4 is 0 Å². The van der Waals surface area contributed by atoms with E-state index in [0.717, 1.165) is 29.5 Å². The van der Waals surface area contributed by atoms with Crippen LogP contribution in [0.3, 0.4) is 0 Å². The second-order valence-corrected chi connectivity index (χ2v) is 7.93. The van der Waals surface area contributed by atoms with Gasteiger partial charge in [-0.2, -0.15) is 0 Å². The molecule has 0 N–H and O–H groups in total. The first-order valence-electron chi connectivity index (χ1n) is 10.2. The zero-order chi connectivity index (χ0) is 20.1. The highest BCUT2D eigenvalue weighted by Gasteiger charge is 2.31. The molecular weight excluding hydrogens is 348 g/mol. The minimum atomic E-state index is -0.00738. The van der Waals surface area contributed by atoms with Gasteiger partial charge in [-0.25, -0.2) is 0 Å². The average molecular weight is 379 g/mol. The summed E-state index contributed by atoms with van der Waals surface area (Å²) in [4.78, 5) is 29.8. The molecule has 0 saturated carbocycles. The van der Waals surface area contributed by atoms with E-state index in [9.17, 15) is 9.59 Å². The van der Waals surface area contributed by atoms with Crippen molar-refractivity contribution in [1.29, 1.82) is 0 Å². The van der Waals surface area contributed by atoms with Gasteiger partial charge in [-0.1, -0.05) is 48.5 Å². The molecule has 1 saturated heterocycles. The standard InChI is InChI=1S/C24H30N2O2/c1-18(2)26(17-20-10-5-4-6-11-20)23(27)21-13-15-25(16-14-21)24(28)22-12-8-7-9-19(22)3/h4-12,18,21H,13-17H2,1-3H3. The number of nitrogens with zero attached hydrogens (tertiary/aromatic N) is 2. The fraction of sp³-hybridized carbons (Fsp3) is 0.417. The van der Waals surface area contributed by atoms with Gasteiger partial charge in [-0.15, -0.1) is 0 Å². The summed E-state index contributed by atoms with van der Waals surface area (Å²) >= 11 is 0. The number of carbonyl (C=O) groups excluding carboxylic acids is 2. The zero-order valence-corrected chi connectivity index (χ0v) is 17.1. The lowest BCUT2D eigenvalue weighted by atomic mass is 9.93. The normalized spacial score (nSPS) is 14.9. The third-order valence-electron chi connectivity index (χ3n) is 5.61. The quantitative estimate of drug-likeness (QED) is 0.779. The van der Waals surface area contributed by atoms with Crippen LogP contribution in [0.25, 0.3) is 0 Å². The molecule has 4 nitrogen and oxygen atoms in total. The summed E-state index contributed by atoms with van der Waals surface area (Å²) in [6.07, 6.45) is 1.46. The highest BCUT2D eigenvalue weighted by Crippen LogP contribution is 2.24. The van der Waals surface area contributed by atoms with Crippen LogP contribution in [-0.4, -0.2) is 40.7 Å². The number of piperidine rings is 1. The summed E-state index contributed by atoms with van der Waals surface area (Å²) in [6.45, 7) is 8.02. The van der Waals surface area contributed by atoms with Crippen molar-refractivity contribution < 1.29 is 9.59 Å². The van der Waals surface area contributed by atoms with Gasteiger partial charge >= 0.3 is 0 Å². The largest absolute Gasteiger partial charge is 0.339 e. The minimum Gasteiger partial charge on any atom is -0.339 e. The molecule has 0 aliphatic carbocycles. The zero-order valence-electron chi connectivity index (χ0n) is 17.1. The summed E-state index contributed by atoms with van der Waals surface area (Å²) < 4.78 is 0. The predicted molar refractivity (Wildman–Crippen MR) is 112 cm³/mol. The first-order valence-corrected chi connectivity index (χ1v) is 10.2.